The Morgan fingerprint density at radius 1 is 1.23 bits per heavy atom. The predicted octanol–water partition coefficient (Wildman–Crippen LogP) is 3.46. The number of rotatable bonds is 6. The molecule has 0 unspecified atom stereocenters. The molecule has 134 valence electrons. The average Bonchev–Trinajstić information content (AvgIpc) is 2.63. The first-order chi connectivity index (χ1) is 12.6. The summed E-state index contributed by atoms with van der Waals surface area (Å²) in [7, 11) is 0. The number of para-hydroxylation sites is 1. The van der Waals surface area contributed by atoms with Gasteiger partial charge < -0.3 is 4.74 Å². The number of fused-ring (bicyclic) bond motifs is 1. The lowest BCUT2D eigenvalue weighted by Gasteiger charge is -2.10. The maximum absolute atomic E-state index is 12.5. The van der Waals surface area contributed by atoms with Crippen molar-refractivity contribution in [3.8, 4) is 5.75 Å². The van der Waals surface area contributed by atoms with Crippen molar-refractivity contribution >= 4 is 23.1 Å². The third kappa shape index (κ3) is 3.85. The molecule has 0 aliphatic heterocycles. The van der Waals surface area contributed by atoms with Gasteiger partial charge in [-0.15, -0.1) is 0 Å². The molecule has 0 saturated heterocycles. The molecule has 2 aromatic carbocycles. The number of nitrogens with one attached hydrogen (secondary N) is 1. The van der Waals surface area contributed by atoms with Crippen LogP contribution in [-0.4, -0.2) is 22.4 Å². The van der Waals surface area contributed by atoms with Crippen molar-refractivity contribution in [1.29, 1.82) is 0 Å². The molecule has 0 saturated carbocycles. The van der Waals surface area contributed by atoms with Gasteiger partial charge in [0.05, 0.1) is 17.1 Å². The maximum Gasteiger partial charge on any atom is 0.387 e. The Morgan fingerprint density at radius 3 is 2.65 bits per heavy atom. The van der Waals surface area contributed by atoms with E-state index in [1.54, 1.807) is 36.4 Å². The highest BCUT2D eigenvalue weighted by Gasteiger charge is 2.08. The SMILES string of the molecule is CCn1c(N/N=C\c2ccc(OC(F)F)cc2)nc2ccccc2c1=O. The van der Waals surface area contributed by atoms with Crippen molar-refractivity contribution in [2.24, 2.45) is 5.10 Å². The number of halogens is 2. The number of hydrogen-bond acceptors (Lipinski definition) is 5. The Labute approximate surface area is 147 Å². The number of anilines is 1. The molecule has 8 heteroatoms. The quantitative estimate of drug-likeness (QED) is 0.541. The van der Waals surface area contributed by atoms with E-state index in [0.717, 1.165) is 0 Å². The predicted molar refractivity (Wildman–Crippen MR) is 96.0 cm³/mol. The van der Waals surface area contributed by atoms with Gasteiger partial charge >= 0.3 is 6.61 Å². The van der Waals surface area contributed by atoms with E-state index in [-0.39, 0.29) is 11.3 Å². The van der Waals surface area contributed by atoms with Crippen LogP contribution in [0, 0.1) is 0 Å². The van der Waals surface area contributed by atoms with Crippen molar-refractivity contribution in [3.05, 3.63) is 64.4 Å². The van der Waals surface area contributed by atoms with Crippen LogP contribution in [0.3, 0.4) is 0 Å². The first kappa shape index (κ1) is 17.5. The number of alkyl halides is 2. The zero-order chi connectivity index (χ0) is 18.5. The highest BCUT2D eigenvalue weighted by molar-refractivity contribution is 5.81. The van der Waals surface area contributed by atoms with Crippen molar-refractivity contribution in [2.45, 2.75) is 20.1 Å². The van der Waals surface area contributed by atoms with Crippen molar-refractivity contribution < 1.29 is 13.5 Å². The van der Waals surface area contributed by atoms with E-state index in [1.165, 1.54) is 22.9 Å². The van der Waals surface area contributed by atoms with Crippen LogP contribution in [0.1, 0.15) is 12.5 Å². The summed E-state index contributed by atoms with van der Waals surface area (Å²) in [6.45, 7) is -0.580. The lowest BCUT2D eigenvalue weighted by molar-refractivity contribution is -0.0498. The Hall–Kier alpha value is -3.29. The Bertz CT molecular complexity index is 985. The van der Waals surface area contributed by atoms with Gasteiger partial charge in [-0.1, -0.05) is 12.1 Å². The van der Waals surface area contributed by atoms with Crippen molar-refractivity contribution in [3.63, 3.8) is 0 Å². The molecule has 0 spiro atoms. The van der Waals surface area contributed by atoms with Gasteiger partial charge in [-0.05, 0) is 48.9 Å². The molecule has 0 aliphatic rings. The summed E-state index contributed by atoms with van der Waals surface area (Å²) in [6.07, 6.45) is 1.49. The summed E-state index contributed by atoms with van der Waals surface area (Å²) in [4.78, 5) is 16.9. The molecule has 0 radical (unpaired) electrons. The third-order valence-electron chi connectivity index (χ3n) is 3.66. The van der Waals surface area contributed by atoms with Gasteiger partial charge in [0.2, 0.25) is 5.95 Å². The third-order valence-corrected chi connectivity index (χ3v) is 3.66. The molecule has 1 aromatic heterocycles. The number of hydrazone groups is 1. The second kappa shape index (κ2) is 7.73. The molecule has 0 fully saturated rings. The fourth-order valence-corrected chi connectivity index (χ4v) is 2.45. The van der Waals surface area contributed by atoms with Crippen LogP contribution in [0.15, 0.2) is 58.4 Å². The summed E-state index contributed by atoms with van der Waals surface area (Å²) in [5.74, 6) is 0.395. The molecule has 1 N–H and O–H groups in total. The topological polar surface area (TPSA) is 68.5 Å². The molecule has 26 heavy (non-hydrogen) atoms. The highest BCUT2D eigenvalue weighted by Crippen LogP contribution is 2.14. The number of hydrogen-bond donors (Lipinski definition) is 1. The van der Waals surface area contributed by atoms with Crippen LogP contribution < -0.4 is 15.7 Å². The minimum atomic E-state index is -2.86. The molecular weight excluding hydrogens is 342 g/mol. The van der Waals surface area contributed by atoms with E-state index in [9.17, 15) is 13.6 Å². The number of ether oxygens (including phenoxy) is 1. The summed E-state index contributed by atoms with van der Waals surface area (Å²) in [5, 5.41) is 4.61. The van der Waals surface area contributed by atoms with Crippen LogP contribution in [0.5, 0.6) is 5.75 Å². The number of aromatic nitrogens is 2. The van der Waals surface area contributed by atoms with Gasteiger partial charge in [0.1, 0.15) is 5.75 Å². The summed E-state index contributed by atoms with van der Waals surface area (Å²) < 4.78 is 30.0. The standard InChI is InChI=1S/C18H16F2N4O2/c1-2-24-16(25)14-5-3-4-6-15(14)22-18(24)23-21-11-12-7-9-13(10-8-12)26-17(19)20/h3-11,17H,2H2,1H3,(H,22,23)/b21-11-. The minimum Gasteiger partial charge on any atom is -0.435 e. The average molecular weight is 358 g/mol. The molecule has 0 atom stereocenters. The molecule has 3 rings (SSSR count). The Morgan fingerprint density at radius 2 is 1.96 bits per heavy atom. The lowest BCUT2D eigenvalue weighted by Crippen LogP contribution is -2.23. The Kier molecular flexibility index (Phi) is 5.21. The van der Waals surface area contributed by atoms with E-state index in [0.29, 0.717) is 29.0 Å². The fraction of sp³-hybridized carbons (Fsp3) is 0.167. The number of nitrogens with zero attached hydrogens (tertiary/aromatic N) is 3. The monoisotopic (exact) mass is 358 g/mol. The second-order valence-electron chi connectivity index (χ2n) is 5.32. The van der Waals surface area contributed by atoms with E-state index in [4.69, 9.17) is 0 Å². The van der Waals surface area contributed by atoms with E-state index in [2.05, 4.69) is 20.2 Å². The summed E-state index contributed by atoms with van der Waals surface area (Å²) in [5.41, 5.74) is 3.86. The van der Waals surface area contributed by atoms with Crippen molar-refractivity contribution in [2.75, 3.05) is 5.43 Å². The van der Waals surface area contributed by atoms with Crippen LogP contribution in [0.2, 0.25) is 0 Å². The van der Waals surface area contributed by atoms with Gasteiger partial charge in [-0.3, -0.25) is 9.36 Å². The maximum atomic E-state index is 12.5. The van der Waals surface area contributed by atoms with E-state index in [1.807, 2.05) is 6.92 Å². The first-order valence-corrected chi connectivity index (χ1v) is 7.92. The molecule has 0 amide bonds. The molecule has 0 bridgehead atoms. The molecule has 1 heterocycles. The van der Waals surface area contributed by atoms with Gasteiger partial charge in [0.15, 0.2) is 0 Å². The zero-order valence-corrected chi connectivity index (χ0v) is 13.9. The smallest absolute Gasteiger partial charge is 0.387 e. The van der Waals surface area contributed by atoms with E-state index < -0.39 is 6.61 Å². The molecule has 3 aromatic rings. The molecular formula is C18H16F2N4O2. The van der Waals surface area contributed by atoms with Gasteiger partial charge in [0, 0.05) is 6.54 Å². The molecule has 6 nitrogen and oxygen atoms in total. The molecule has 0 aliphatic carbocycles. The van der Waals surface area contributed by atoms with Crippen LogP contribution in [0.25, 0.3) is 10.9 Å². The first-order valence-electron chi connectivity index (χ1n) is 7.92. The van der Waals surface area contributed by atoms with Gasteiger partial charge in [0.25, 0.3) is 5.56 Å². The lowest BCUT2D eigenvalue weighted by atomic mass is 10.2. The van der Waals surface area contributed by atoms with E-state index >= 15 is 0 Å². The van der Waals surface area contributed by atoms with Gasteiger partial charge in [-0.2, -0.15) is 13.9 Å². The summed E-state index contributed by atoms with van der Waals surface area (Å²) >= 11 is 0. The minimum absolute atomic E-state index is 0.0705. The fourth-order valence-electron chi connectivity index (χ4n) is 2.45. The number of benzene rings is 2. The van der Waals surface area contributed by atoms with Gasteiger partial charge in [-0.25, -0.2) is 10.4 Å². The Balaban J connectivity index is 1.80. The highest BCUT2D eigenvalue weighted by atomic mass is 19.3. The van der Waals surface area contributed by atoms with Crippen LogP contribution in [0.4, 0.5) is 14.7 Å². The van der Waals surface area contributed by atoms with Crippen molar-refractivity contribution in [1.82, 2.24) is 9.55 Å². The largest absolute Gasteiger partial charge is 0.435 e. The zero-order valence-electron chi connectivity index (χ0n) is 13.9. The van der Waals surface area contributed by atoms with Crippen LogP contribution in [-0.2, 0) is 6.54 Å². The second-order valence-corrected chi connectivity index (χ2v) is 5.32. The summed E-state index contributed by atoms with van der Waals surface area (Å²) in [6, 6.07) is 13.1. The normalized spacial score (nSPS) is 11.4. The van der Waals surface area contributed by atoms with Crippen LogP contribution >= 0.6 is 0 Å².